The Morgan fingerprint density at radius 3 is 2.25 bits per heavy atom. The zero-order chi connectivity index (χ0) is 15.2. The number of carbonyl (C=O) groups excluding carboxylic acids is 3. The van der Waals surface area contributed by atoms with E-state index in [2.05, 4.69) is 0 Å². The molecule has 0 aliphatic heterocycles. The molecule has 2 rings (SSSR count). The minimum absolute atomic E-state index is 0.229. The lowest BCUT2D eigenvalue weighted by Gasteiger charge is -2.20. The summed E-state index contributed by atoms with van der Waals surface area (Å²) in [6.45, 7) is 4.49. The van der Waals surface area contributed by atoms with E-state index >= 15 is 0 Å². The molecule has 1 aromatic carbocycles. The molecule has 0 radical (unpaired) electrons. The number of phenolic OH excluding ortho intramolecular Hbond substituents is 2. The number of hydrogen-bond acceptors (Lipinski definition) is 5. The van der Waals surface area contributed by atoms with Crippen LogP contribution in [0.5, 0.6) is 11.5 Å². The van der Waals surface area contributed by atoms with Crippen molar-refractivity contribution in [3.63, 3.8) is 0 Å². The molecule has 0 bridgehead atoms. The second kappa shape index (κ2) is 4.59. The number of Topliss-reactive ketones (excluding diaryl/α,β-unsaturated/α-hetero) is 2. The van der Waals surface area contributed by atoms with Gasteiger partial charge in [-0.3, -0.25) is 14.4 Å². The molecule has 5 nitrogen and oxygen atoms in total. The van der Waals surface area contributed by atoms with E-state index < -0.39 is 17.3 Å². The molecule has 0 amide bonds. The molecule has 0 saturated carbocycles. The molecule has 0 fully saturated rings. The number of allylic oxidation sites excluding steroid dienone is 2. The number of ketones is 3. The number of carbonyl (C=O) groups is 3. The first-order chi connectivity index (χ1) is 9.31. The van der Waals surface area contributed by atoms with Gasteiger partial charge in [-0.15, -0.1) is 0 Å². The van der Waals surface area contributed by atoms with Crippen LogP contribution in [0.15, 0.2) is 11.6 Å². The Morgan fingerprint density at radius 1 is 1.15 bits per heavy atom. The number of benzene rings is 1. The van der Waals surface area contributed by atoms with Crippen LogP contribution >= 0.6 is 0 Å². The normalized spacial score (nSPS) is 14.1. The predicted molar refractivity (Wildman–Crippen MR) is 71.3 cm³/mol. The molecule has 20 heavy (non-hydrogen) atoms. The maximum absolute atomic E-state index is 12.2. The SMILES string of the molecule is CCc1c(C)c(O)c2c(c1O)C(=O)C(C(C)=O)=CC2=O. The standard InChI is InChI=1S/C15H14O5/c1-4-8-6(2)13(18)11-10(17)5-9(7(3)16)15(20)12(11)14(8)19/h5,18-19H,4H2,1-3H3. The molecule has 0 spiro atoms. The highest BCUT2D eigenvalue weighted by atomic mass is 16.3. The summed E-state index contributed by atoms with van der Waals surface area (Å²) in [7, 11) is 0. The van der Waals surface area contributed by atoms with Crippen molar-refractivity contribution in [2.24, 2.45) is 0 Å². The van der Waals surface area contributed by atoms with E-state index in [4.69, 9.17) is 0 Å². The summed E-state index contributed by atoms with van der Waals surface area (Å²) in [6, 6.07) is 0. The van der Waals surface area contributed by atoms with Crippen molar-refractivity contribution in [3.8, 4) is 11.5 Å². The minimum atomic E-state index is -0.727. The van der Waals surface area contributed by atoms with Gasteiger partial charge in [0.05, 0.1) is 16.7 Å². The largest absolute Gasteiger partial charge is 0.507 e. The molecular weight excluding hydrogens is 260 g/mol. The molecule has 1 aliphatic carbocycles. The maximum atomic E-state index is 12.2. The summed E-state index contributed by atoms with van der Waals surface area (Å²) < 4.78 is 0. The second-order valence-corrected chi connectivity index (χ2v) is 4.71. The third-order valence-corrected chi connectivity index (χ3v) is 3.54. The number of phenols is 2. The van der Waals surface area contributed by atoms with Gasteiger partial charge in [0.25, 0.3) is 0 Å². The van der Waals surface area contributed by atoms with Crippen LogP contribution in [-0.4, -0.2) is 27.6 Å². The van der Waals surface area contributed by atoms with E-state index in [1.165, 1.54) is 6.92 Å². The van der Waals surface area contributed by atoms with Gasteiger partial charge in [-0.1, -0.05) is 6.92 Å². The van der Waals surface area contributed by atoms with Gasteiger partial charge in [-0.05, 0) is 25.8 Å². The minimum Gasteiger partial charge on any atom is -0.507 e. The van der Waals surface area contributed by atoms with E-state index in [0.717, 1.165) is 6.08 Å². The second-order valence-electron chi connectivity index (χ2n) is 4.71. The van der Waals surface area contributed by atoms with Gasteiger partial charge >= 0.3 is 0 Å². The van der Waals surface area contributed by atoms with E-state index in [1.54, 1.807) is 13.8 Å². The monoisotopic (exact) mass is 274 g/mol. The van der Waals surface area contributed by atoms with Crippen LogP contribution in [0.3, 0.4) is 0 Å². The van der Waals surface area contributed by atoms with Crippen molar-refractivity contribution < 1.29 is 24.6 Å². The molecule has 104 valence electrons. The summed E-state index contributed by atoms with van der Waals surface area (Å²) in [6.07, 6.45) is 1.30. The molecular formula is C15H14O5. The van der Waals surface area contributed by atoms with Gasteiger partial charge in [-0.2, -0.15) is 0 Å². The predicted octanol–water partition coefficient (Wildman–Crippen LogP) is 1.86. The Bertz CT molecular complexity index is 695. The quantitative estimate of drug-likeness (QED) is 0.634. The lowest BCUT2D eigenvalue weighted by molar-refractivity contribution is -0.113. The molecule has 0 unspecified atom stereocenters. The third-order valence-electron chi connectivity index (χ3n) is 3.54. The Kier molecular flexibility index (Phi) is 3.21. The Labute approximate surface area is 115 Å². The van der Waals surface area contributed by atoms with Gasteiger partial charge in [0.15, 0.2) is 11.6 Å². The van der Waals surface area contributed by atoms with Crippen LogP contribution in [0.1, 0.15) is 45.7 Å². The summed E-state index contributed by atoms with van der Waals surface area (Å²) in [5.41, 5.74) is -0.0188. The van der Waals surface area contributed by atoms with Crippen LogP contribution < -0.4 is 0 Å². The number of fused-ring (bicyclic) bond motifs is 1. The molecule has 0 aromatic heterocycles. The molecule has 1 aromatic rings. The maximum Gasteiger partial charge on any atom is 0.201 e. The lowest BCUT2D eigenvalue weighted by atomic mass is 9.83. The zero-order valence-corrected chi connectivity index (χ0v) is 11.4. The fraction of sp³-hybridized carbons (Fsp3) is 0.267. The van der Waals surface area contributed by atoms with Crippen molar-refractivity contribution in [2.45, 2.75) is 27.2 Å². The molecule has 0 heterocycles. The summed E-state index contributed by atoms with van der Waals surface area (Å²) in [5.74, 6) is -2.57. The number of aromatic hydroxyl groups is 2. The van der Waals surface area contributed by atoms with Gasteiger partial charge in [0.2, 0.25) is 5.78 Å². The van der Waals surface area contributed by atoms with Crippen molar-refractivity contribution in [1.82, 2.24) is 0 Å². The van der Waals surface area contributed by atoms with E-state index in [-0.39, 0.29) is 28.2 Å². The first-order valence-corrected chi connectivity index (χ1v) is 6.20. The van der Waals surface area contributed by atoms with Crippen LogP contribution in [0, 0.1) is 6.92 Å². The average Bonchev–Trinajstić information content (AvgIpc) is 2.38. The fourth-order valence-electron chi connectivity index (χ4n) is 2.45. The smallest absolute Gasteiger partial charge is 0.201 e. The van der Waals surface area contributed by atoms with E-state index in [1.807, 2.05) is 0 Å². The van der Waals surface area contributed by atoms with Crippen LogP contribution in [0.4, 0.5) is 0 Å². The first kappa shape index (κ1) is 14.0. The molecule has 0 atom stereocenters. The average molecular weight is 274 g/mol. The summed E-state index contributed by atoms with van der Waals surface area (Å²) in [4.78, 5) is 35.7. The van der Waals surface area contributed by atoms with Crippen LogP contribution in [0.25, 0.3) is 0 Å². The Hall–Kier alpha value is -2.43. The Morgan fingerprint density at radius 2 is 1.75 bits per heavy atom. The van der Waals surface area contributed by atoms with Gasteiger partial charge in [-0.25, -0.2) is 0 Å². The Balaban J connectivity index is 2.87. The molecule has 1 aliphatic rings. The molecule has 5 heteroatoms. The number of hydrogen-bond donors (Lipinski definition) is 2. The van der Waals surface area contributed by atoms with Crippen molar-refractivity contribution in [3.05, 3.63) is 33.9 Å². The topological polar surface area (TPSA) is 91.7 Å². The highest BCUT2D eigenvalue weighted by molar-refractivity contribution is 6.36. The van der Waals surface area contributed by atoms with Crippen molar-refractivity contribution in [2.75, 3.05) is 0 Å². The highest BCUT2D eigenvalue weighted by Crippen LogP contribution is 2.41. The number of rotatable bonds is 2. The van der Waals surface area contributed by atoms with E-state index in [9.17, 15) is 24.6 Å². The third kappa shape index (κ3) is 1.74. The molecule has 0 saturated heterocycles. The van der Waals surface area contributed by atoms with Crippen LogP contribution in [-0.2, 0) is 11.2 Å². The lowest BCUT2D eigenvalue weighted by Crippen LogP contribution is -2.22. The summed E-state index contributed by atoms with van der Waals surface area (Å²) >= 11 is 0. The van der Waals surface area contributed by atoms with Gasteiger partial charge < -0.3 is 10.2 Å². The first-order valence-electron chi connectivity index (χ1n) is 6.20. The van der Waals surface area contributed by atoms with Gasteiger partial charge in [0.1, 0.15) is 11.5 Å². The highest BCUT2D eigenvalue weighted by Gasteiger charge is 2.35. The van der Waals surface area contributed by atoms with Crippen molar-refractivity contribution in [1.29, 1.82) is 0 Å². The van der Waals surface area contributed by atoms with Crippen molar-refractivity contribution >= 4 is 17.3 Å². The van der Waals surface area contributed by atoms with Gasteiger partial charge in [0, 0.05) is 11.6 Å². The van der Waals surface area contributed by atoms with E-state index in [0.29, 0.717) is 17.5 Å². The zero-order valence-electron chi connectivity index (χ0n) is 11.4. The van der Waals surface area contributed by atoms with Crippen LogP contribution in [0.2, 0.25) is 0 Å². The fourth-order valence-corrected chi connectivity index (χ4v) is 2.45. The molecule has 2 N–H and O–H groups in total. The summed E-state index contributed by atoms with van der Waals surface area (Å²) in [5, 5.41) is 20.3.